The van der Waals surface area contributed by atoms with Gasteiger partial charge >= 0.3 is 0 Å². The highest BCUT2D eigenvalue weighted by Gasteiger charge is 2.25. The van der Waals surface area contributed by atoms with E-state index in [9.17, 15) is 0 Å². The van der Waals surface area contributed by atoms with Gasteiger partial charge in [-0.15, -0.1) is 0 Å². The molecule has 1 aliphatic carbocycles. The second kappa shape index (κ2) is 5.23. The number of nitrogens with zero attached hydrogens (tertiary/aromatic N) is 1. The number of allylic oxidation sites excluding steroid dienone is 2. The number of likely N-dealkylation sites (tertiary alicyclic amines) is 1. The Morgan fingerprint density at radius 2 is 1.85 bits per heavy atom. The molecule has 0 aromatic rings. The first-order valence-corrected chi connectivity index (χ1v) is 5.43. The van der Waals surface area contributed by atoms with E-state index in [2.05, 4.69) is 36.3 Å². The van der Waals surface area contributed by atoms with Crippen LogP contribution in [-0.4, -0.2) is 24.5 Å². The summed E-state index contributed by atoms with van der Waals surface area (Å²) in [5, 5.41) is 0. The molecule has 0 spiro atoms. The Labute approximate surface area is 82.1 Å². The summed E-state index contributed by atoms with van der Waals surface area (Å²) in [6.45, 7) is 5.26. The van der Waals surface area contributed by atoms with Gasteiger partial charge in [-0.25, -0.2) is 0 Å². The zero-order valence-electron chi connectivity index (χ0n) is 9.03. The minimum Gasteiger partial charge on any atom is -0.299 e. The number of hydrogen-bond donors (Lipinski definition) is 0. The summed E-state index contributed by atoms with van der Waals surface area (Å²) in [4.78, 5) is 2.45. The Balaban J connectivity index is 0.000000396. The van der Waals surface area contributed by atoms with Crippen molar-refractivity contribution < 1.29 is 0 Å². The van der Waals surface area contributed by atoms with Crippen molar-refractivity contribution in [2.24, 2.45) is 5.92 Å². The summed E-state index contributed by atoms with van der Waals surface area (Å²) >= 11 is 0. The van der Waals surface area contributed by atoms with Gasteiger partial charge in [-0.1, -0.05) is 38.2 Å². The standard InChI is InChI=1S/C10H15N.C2H6/c1-11-8-4-6-9-5-2-3-7-10(9)11;1-2/h2-3,5,7,9-10H,4,6,8H2,1H3;1-2H3. The highest BCUT2D eigenvalue weighted by Crippen LogP contribution is 2.26. The molecule has 0 radical (unpaired) electrons. The Morgan fingerprint density at radius 3 is 2.54 bits per heavy atom. The molecule has 1 saturated heterocycles. The van der Waals surface area contributed by atoms with Crippen LogP contribution >= 0.6 is 0 Å². The first kappa shape index (κ1) is 10.5. The molecule has 0 bridgehead atoms. The van der Waals surface area contributed by atoms with E-state index in [1.54, 1.807) is 0 Å². The third kappa shape index (κ3) is 2.44. The third-order valence-corrected chi connectivity index (χ3v) is 2.77. The summed E-state index contributed by atoms with van der Waals surface area (Å²) in [5.41, 5.74) is 0. The Morgan fingerprint density at radius 1 is 1.15 bits per heavy atom. The Bertz CT molecular complexity index is 193. The average Bonchev–Trinajstić information content (AvgIpc) is 2.22. The lowest BCUT2D eigenvalue weighted by Crippen LogP contribution is -2.41. The zero-order valence-corrected chi connectivity index (χ0v) is 9.03. The van der Waals surface area contributed by atoms with E-state index < -0.39 is 0 Å². The summed E-state index contributed by atoms with van der Waals surface area (Å²) < 4.78 is 0. The molecule has 1 aliphatic heterocycles. The molecule has 0 N–H and O–H groups in total. The predicted octanol–water partition coefficient (Wildman–Crippen LogP) is 2.85. The summed E-state index contributed by atoms with van der Waals surface area (Å²) in [5.74, 6) is 0.791. The predicted molar refractivity (Wildman–Crippen MR) is 58.8 cm³/mol. The van der Waals surface area contributed by atoms with Crippen LogP contribution in [0.15, 0.2) is 24.3 Å². The van der Waals surface area contributed by atoms with Crippen molar-refractivity contribution in [2.75, 3.05) is 13.6 Å². The molecule has 0 amide bonds. The molecule has 1 fully saturated rings. The monoisotopic (exact) mass is 179 g/mol. The lowest BCUT2D eigenvalue weighted by Gasteiger charge is -2.37. The number of rotatable bonds is 0. The highest BCUT2D eigenvalue weighted by atomic mass is 15.1. The van der Waals surface area contributed by atoms with Crippen molar-refractivity contribution in [3.05, 3.63) is 24.3 Å². The molecule has 2 atom stereocenters. The van der Waals surface area contributed by atoms with Gasteiger partial charge in [-0.2, -0.15) is 0 Å². The van der Waals surface area contributed by atoms with Crippen LogP contribution in [-0.2, 0) is 0 Å². The van der Waals surface area contributed by atoms with E-state index in [-0.39, 0.29) is 0 Å². The van der Waals surface area contributed by atoms with E-state index in [4.69, 9.17) is 0 Å². The molecule has 1 heteroatoms. The molecule has 1 heterocycles. The van der Waals surface area contributed by atoms with Gasteiger partial charge < -0.3 is 0 Å². The number of piperidine rings is 1. The van der Waals surface area contributed by atoms with Gasteiger partial charge in [0.1, 0.15) is 0 Å². The summed E-state index contributed by atoms with van der Waals surface area (Å²) in [6, 6.07) is 0.689. The SMILES string of the molecule is CC.CN1CCCC2C=CC=CC21. The van der Waals surface area contributed by atoms with Crippen LogP contribution < -0.4 is 0 Å². The molecule has 0 aromatic carbocycles. The second-order valence-electron chi connectivity index (χ2n) is 3.55. The van der Waals surface area contributed by atoms with Gasteiger partial charge in [0.15, 0.2) is 0 Å². The third-order valence-electron chi connectivity index (χ3n) is 2.77. The van der Waals surface area contributed by atoms with E-state index in [0.29, 0.717) is 6.04 Å². The molecular weight excluding hydrogens is 158 g/mol. The molecule has 74 valence electrons. The van der Waals surface area contributed by atoms with Crippen LogP contribution in [0.2, 0.25) is 0 Å². The van der Waals surface area contributed by atoms with Crippen LogP contribution in [0, 0.1) is 5.92 Å². The fraction of sp³-hybridized carbons (Fsp3) is 0.667. The van der Waals surface area contributed by atoms with Crippen LogP contribution in [0.3, 0.4) is 0 Å². The largest absolute Gasteiger partial charge is 0.299 e. The summed E-state index contributed by atoms with van der Waals surface area (Å²) in [7, 11) is 2.22. The fourth-order valence-electron chi connectivity index (χ4n) is 2.11. The smallest absolute Gasteiger partial charge is 0.0341 e. The van der Waals surface area contributed by atoms with Gasteiger partial charge in [0.2, 0.25) is 0 Å². The maximum absolute atomic E-state index is 2.45. The van der Waals surface area contributed by atoms with Crippen molar-refractivity contribution in [3.63, 3.8) is 0 Å². The van der Waals surface area contributed by atoms with E-state index in [1.165, 1.54) is 19.4 Å². The fourth-order valence-corrected chi connectivity index (χ4v) is 2.11. The van der Waals surface area contributed by atoms with Crippen molar-refractivity contribution >= 4 is 0 Å². The molecule has 1 nitrogen and oxygen atoms in total. The molecule has 13 heavy (non-hydrogen) atoms. The molecule has 2 aliphatic rings. The van der Waals surface area contributed by atoms with Crippen LogP contribution in [0.1, 0.15) is 26.7 Å². The first-order chi connectivity index (χ1) is 6.38. The van der Waals surface area contributed by atoms with Gasteiger partial charge in [-0.3, -0.25) is 4.90 Å². The summed E-state index contributed by atoms with van der Waals surface area (Å²) in [6.07, 6.45) is 11.7. The first-order valence-electron chi connectivity index (χ1n) is 5.43. The molecule has 2 unspecified atom stereocenters. The van der Waals surface area contributed by atoms with Gasteiger partial charge in [0.25, 0.3) is 0 Å². The zero-order chi connectivity index (χ0) is 9.68. The van der Waals surface area contributed by atoms with Crippen LogP contribution in [0.5, 0.6) is 0 Å². The maximum atomic E-state index is 2.45. The van der Waals surface area contributed by atoms with Crippen LogP contribution in [0.25, 0.3) is 0 Å². The normalized spacial score (nSPS) is 31.9. The number of likely N-dealkylation sites (N-methyl/N-ethyl adjacent to an activating group) is 1. The van der Waals surface area contributed by atoms with Crippen LogP contribution in [0.4, 0.5) is 0 Å². The van der Waals surface area contributed by atoms with Gasteiger partial charge in [0, 0.05) is 6.04 Å². The molecular formula is C12H21N. The molecule has 2 rings (SSSR count). The van der Waals surface area contributed by atoms with E-state index >= 15 is 0 Å². The number of fused-ring (bicyclic) bond motifs is 1. The Kier molecular flexibility index (Phi) is 4.23. The maximum Gasteiger partial charge on any atom is 0.0341 e. The van der Waals surface area contributed by atoms with Crippen molar-refractivity contribution in [1.29, 1.82) is 0 Å². The average molecular weight is 179 g/mol. The second-order valence-corrected chi connectivity index (χ2v) is 3.55. The molecule has 0 saturated carbocycles. The lowest BCUT2D eigenvalue weighted by atomic mass is 9.87. The molecule has 0 aromatic heterocycles. The van der Waals surface area contributed by atoms with Crippen molar-refractivity contribution in [3.8, 4) is 0 Å². The van der Waals surface area contributed by atoms with E-state index in [0.717, 1.165) is 5.92 Å². The highest BCUT2D eigenvalue weighted by molar-refractivity contribution is 5.18. The number of hydrogen-bond acceptors (Lipinski definition) is 1. The van der Waals surface area contributed by atoms with Gasteiger partial charge in [-0.05, 0) is 32.4 Å². The minimum absolute atomic E-state index is 0.689. The minimum atomic E-state index is 0.689. The van der Waals surface area contributed by atoms with Crippen molar-refractivity contribution in [2.45, 2.75) is 32.7 Å². The lowest BCUT2D eigenvalue weighted by molar-refractivity contribution is 0.180. The van der Waals surface area contributed by atoms with Crippen molar-refractivity contribution in [1.82, 2.24) is 4.90 Å². The Hall–Kier alpha value is -0.560. The van der Waals surface area contributed by atoms with E-state index in [1.807, 2.05) is 13.8 Å². The topological polar surface area (TPSA) is 3.24 Å². The quantitative estimate of drug-likeness (QED) is 0.552. The van der Waals surface area contributed by atoms with Gasteiger partial charge in [0.05, 0.1) is 0 Å².